The van der Waals surface area contributed by atoms with Crippen molar-refractivity contribution in [2.75, 3.05) is 5.32 Å². The fourth-order valence-electron chi connectivity index (χ4n) is 5.05. The third-order valence-corrected chi connectivity index (χ3v) is 8.29. The summed E-state index contributed by atoms with van der Waals surface area (Å²) in [6.45, 7) is 3.53. The number of amides is 2. The smallest absolute Gasteiger partial charge is 0.365 e. The Hall–Kier alpha value is -5.11. The summed E-state index contributed by atoms with van der Waals surface area (Å²) in [4.78, 5) is 34.9. The number of aryl methyl sites for hydroxylation is 3. The molecule has 6 aromatic rings. The van der Waals surface area contributed by atoms with Crippen molar-refractivity contribution in [3.05, 3.63) is 76.3 Å². The van der Waals surface area contributed by atoms with Gasteiger partial charge in [0.05, 0.1) is 34.4 Å². The molecule has 43 heavy (non-hydrogen) atoms. The zero-order valence-corrected chi connectivity index (χ0v) is 24.1. The third kappa shape index (κ3) is 4.78. The molecule has 0 fully saturated rings. The number of nitrogens with two attached hydrogens (primary N) is 1. The summed E-state index contributed by atoms with van der Waals surface area (Å²) in [5, 5.41) is 12.0. The average molecular weight is 605 g/mol. The zero-order chi connectivity index (χ0) is 30.8. The molecule has 0 aliphatic rings. The number of rotatable bonds is 5. The molecule has 0 saturated heterocycles. The molecular formula is C29H23F3N8O2S. The SMILES string of the molecule is Cc1nn(C)cc1-c1cc(C(=O)Nc2c(C(N)=O)sc3nc(C(F)(F)F)cc(-c4cnn(C)c4C)c23)c2ccccc2n1. The molecule has 0 radical (unpaired) electrons. The lowest BCUT2D eigenvalue weighted by Gasteiger charge is -2.13. The lowest BCUT2D eigenvalue weighted by atomic mass is 10.0. The molecule has 0 atom stereocenters. The van der Waals surface area contributed by atoms with Gasteiger partial charge in [-0.25, -0.2) is 9.97 Å². The van der Waals surface area contributed by atoms with Crippen LogP contribution in [0.15, 0.2) is 48.8 Å². The van der Waals surface area contributed by atoms with E-state index in [0.717, 1.165) is 11.6 Å². The quantitative estimate of drug-likeness (QED) is 0.262. The van der Waals surface area contributed by atoms with Crippen molar-refractivity contribution in [1.29, 1.82) is 0 Å². The number of alkyl halides is 3. The van der Waals surface area contributed by atoms with Crippen molar-refractivity contribution >= 4 is 50.0 Å². The number of halogens is 3. The summed E-state index contributed by atoms with van der Waals surface area (Å²) in [5.41, 5.74) is 8.27. The topological polar surface area (TPSA) is 134 Å². The second kappa shape index (κ2) is 10.0. The van der Waals surface area contributed by atoms with Gasteiger partial charge in [0.15, 0.2) is 0 Å². The van der Waals surface area contributed by atoms with Gasteiger partial charge in [0, 0.05) is 47.9 Å². The van der Waals surface area contributed by atoms with Crippen molar-refractivity contribution in [3.63, 3.8) is 0 Å². The maximum absolute atomic E-state index is 14.0. The van der Waals surface area contributed by atoms with E-state index < -0.39 is 23.7 Å². The maximum atomic E-state index is 14.0. The van der Waals surface area contributed by atoms with Crippen molar-refractivity contribution in [1.82, 2.24) is 29.5 Å². The highest BCUT2D eigenvalue weighted by Crippen LogP contribution is 2.44. The molecule has 10 nitrogen and oxygen atoms in total. The Morgan fingerprint density at radius 2 is 1.77 bits per heavy atom. The van der Waals surface area contributed by atoms with Crippen molar-refractivity contribution < 1.29 is 22.8 Å². The number of pyridine rings is 2. The van der Waals surface area contributed by atoms with Crippen LogP contribution < -0.4 is 11.1 Å². The van der Waals surface area contributed by atoms with Crippen molar-refractivity contribution in [3.8, 4) is 22.4 Å². The van der Waals surface area contributed by atoms with Crippen LogP contribution in [0.4, 0.5) is 18.9 Å². The highest BCUT2D eigenvalue weighted by Gasteiger charge is 2.35. The third-order valence-electron chi connectivity index (χ3n) is 7.19. The number of nitrogens with zero attached hydrogens (tertiary/aromatic N) is 6. The van der Waals surface area contributed by atoms with Gasteiger partial charge in [-0.3, -0.25) is 19.0 Å². The average Bonchev–Trinajstić information content (AvgIpc) is 3.61. The van der Waals surface area contributed by atoms with Gasteiger partial charge in [-0.15, -0.1) is 11.3 Å². The molecule has 0 saturated carbocycles. The molecule has 0 aliphatic carbocycles. The number of hydrogen-bond acceptors (Lipinski definition) is 7. The summed E-state index contributed by atoms with van der Waals surface area (Å²) < 4.78 is 44.9. The molecule has 2 amide bonds. The van der Waals surface area contributed by atoms with Crippen LogP contribution in [0.25, 0.3) is 43.5 Å². The van der Waals surface area contributed by atoms with Crippen LogP contribution in [0.2, 0.25) is 0 Å². The Morgan fingerprint density at radius 1 is 1.02 bits per heavy atom. The van der Waals surface area contributed by atoms with E-state index in [1.165, 1.54) is 10.9 Å². The van der Waals surface area contributed by atoms with E-state index in [0.29, 0.717) is 44.9 Å². The van der Waals surface area contributed by atoms with Crippen molar-refractivity contribution in [2.24, 2.45) is 19.8 Å². The first kappa shape index (κ1) is 28.0. The van der Waals surface area contributed by atoms with E-state index in [1.807, 2.05) is 6.92 Å². The van der Waals surface area contributed by atoms with Crippen molar-refractivity contribution in [2.45, 2.75) is 20.0 Å². The predicted molar refractivity (Wildman–Crippen MR) is 157 cm³/mol. The summed E-state index contributed by atoms with van der Waals surface area (Å²) >= 11 is 0.678. The van der Waals surface area contributed by atoms with E-state index >= 15 is 0 Å². The number of hydrogen-bond donors (Lipinski definition) is 2. The number of fused-ring (bicyclic) bond motifs is 2. The maximum Gasteiger partial charge on any atom is 0.433 e. The first-order chi connectivity index (χ1) is 20.3. The van der Waals surface area contributed by atoms with Crippen LogP contribution in [0.5, 0.6) is 0 Å². The number of primary amides is 1. The Kier molecular flexibility index (Phi) is 6.53. The van der Waals surface area contributed by atoms with Gasteiger partial charge in [0.25, 0.3) is 11.8 Å². The highest BCUT2D eigenvalue weighted by molar-refractivity contribution is 7.21. The molecule has 6 rings (SSSR count). The van der Waals surface area contributed by atoms with Crippen LogP contribution in [0.3, 0.4) is 0 Å². The van der Waals surface area contributed by atoms with E-state index in [9.17, 15) is 22.8 Å². The minimum Gasteiger partial charge on any atom is -0.365 e. The lowest BCUT2D eigenvalue weighted by Crippen LogP contribution is -2.17. The lowest BCUT2D eigenvalue weighted by molar-refractivity contribution is -0.140. The number of benzene rings is 1. The first-order valence-corrected chi connectivity index (χ1v) is 13.7. The van der Waals surface area contributed by atoms with Crippen LogP contribution in [0.1, 0.15) is 37.1 Å². The molecule has 5 heterocycles. The predicted octanol–water partition coefficient (Wildman–Crippen LogP) is 5.63. The molecule has 0 aliphatic heterocycles. The van der Waals surface area contributed by atoms with Gasteiger partial charge in [0.2, 0.25) is 0 Å². The standard InChI is InChI=1S/C29H23F3N8O2S/c1-13-19(12-39(3)38-13)21-9-17(15-7-5-6-8-20(15)35-21)27(42)37-24-23-16(18-11-34-40(4)14(18)2)10-22(29(30,31)32)36-28(23)43-25(24)26(33)41/h5-12H,1-4H3,(H2,33,41)(H,37,42). The normalized spacial score (nSPS) is 11.9. The minimum atomic E-state index is -4.77. The second-order valence-corrected chi connectivity index (χ2v) is 11.0. The number of carbonyl (C=O) groups is 2. The van der Waals surface area contributed by atoms with E-state index in [-0.39, 0.29) is 31.9 Å². The Morgan fingerprint density at radius 3 is 2.40 bits per heavy atom. The number of aromatic nitrogens is 6. The van der Waals surface area contributed by atoms with E-state index in [4.69, 9.17) is 10.7 Å². The summed E-state index contributed by atoms with van der Waals surface area (Å²) in [5.74, 6) is -1.54. The fraction of sp³-hybridized carbons (Fsp3) is 0.172. The van der Waals surface area contributed by atoms with Gasteiger partial charge < -0.3 is 11.1 Å². The Labute approximate surface area is 246 Å². The van der Waals surface area contributed by atoms with Gasteiger partial charge in [0.1, 0.15) is 15.4 Å². The Balaban J connectivity index is 1.58. The molecule has 0 spiro atoms. The molecule has 0 bridgehead atoms. The molecule has 14 heteroatoms. The highest BCUT2D eigenvalue weighted by atomic mass is 32.1. The number of thiophene rings is 1. The summed E-state index contributed by atoms with van der Waals surface area (Å²) in [6.07, 6.45) is -1.55. The first-order valence-electron chi connectivity index (χ1n) is 12.9. The number of nitrogens with one attached hydrogen (secondary N) is 1. The number of anilines is 1. The van der Waals surface area contributed by atoms with Crippen LogP contribution in [0, 0.1) is 13.8 Å². The van der Waals surface area contributed by atoms with E-state index in [2.05, 4.69) is 20.5 Å². The van der Waals surface area contributed by atoms with Gasteiger partial charge in [-0.05, 0) is 37.6 Å². The molecular weight excluding hydrogens is 581 g/mol. The second-order valence-electron chi connectivity index (χ2n) is 10.00. The minimum absolute atomic E-state index is 0.0306. The number of carbonyl (C=O) groups excluding carboxylic acids is 2. The summed E-state index contributed by atoms with van der Waals surface area (Å²) in [6, 6.07) is 9.57. The molecule has 5 aromatic heterocycles. The largest absolute Gasteiger partial charge is 0.433 e. The Bertz CT molecular complexity index is 2110. The fourth-order valence-corrected chi connectivity index (χ4v) is 6.05. The van der Waals surface area contributed by atoms with Gasteiger partial charge in [-0.1, -0.05) is 18.2 Å². The van der Waals surface area contributed by atoms with Gasteiger partial charge in [-0.2, -0.15) is 23.4 Å². The zero-order valence-electron chi connectivity index (χ0n) is 23.2. The van der Waals surface area contributed by atoms with Crippen LogP contribution >= 0.6 is 11.3 Å². The molecule has 1 aromatic carbocycles. The van der Waals surface area contributed by atoms with Crippen LogP contribution in [-0.2, 0) is 20.3 Å². The number of para-hydroxylation sites is 1. The van der Waals surface area contributed by atoms with Crippen LogP contribution in [-0.4, -0.2) is 41.3 Å². The monoisotopic (exact) mass is 604 g/mol. The summed E-state index contributed by atoms with van der Waals surface area (Å²) in [7, 11) is 3.43. The van der Waals surface area contributed by atoms with Gasteiger partial charge >= 0.3 is 6.18 Å². The molecule has 3 N–H and O–H groups in total. The van der Waals surface area contributed by atoms with E-state index in [1.54, 1.807) is 62.2 Å². The molecule has 218 valence electrons. The molecule has 0 unspecified atom stereocenters.